The molecule has 25 aromatic rings. The molecule has 0 N–H and O–H groups in total. The molecule has 9 nitrogen and oxygen atoms in total. The fourth-order valence-electron chi connectivity index (χ4n) is 18.3. The van der Waals surface area contributed by atoms with Crippen LogP contribution in [0.25, 0.3) is 252 Å². The van der Waals surface area contributed by atoms with Crippen LogP contribution in [0.15, 0.2) is 439 Å². The van der Waals surface area contributed by atoms with Gasteiger partial charge in [-0.25, -0.2) is 29.9 Å². The van der Waals surface area contributed by atoms with E-state index in [0.717, 1.165) is 158 Å². The molecule has 0 amide bonds. The number of rotatable bonds is 14. The normalized spacial score (nSPS) is 12.1. The van der Waals surface area contributed by atoms with Gasteiger partial charge in [-0.3, -0.25) is 0 Å². The lowest BCUT2D eigenvalue weighted by Crippen LogP contribution is -2.00. The van der Waals surface area contributed by atoms with Crippen molar-refractivity contribution in [1.82, 2.24) is 29.9 Å². The third-order valence-corrected chi connectivity index (χ3v) is 26.8. The van der Waals surface area contributed by atoms with Crippen LogP contribution in [-0.4, -0.2) is 29.9 Å². The topological polar surface area (TPSA) is 127 Å². The van der Waals surface area contributed by atoms with Crippen molar-refractivity contribution in [3.8, 4) is 163 Å². The Morgan fingerprint density at radius 2 is 0.615 bits per heavy atom. The number of para-hydroxylation sites is 2. The summed E-state index contributed by atoms with van der Waals surface area (Å²) in [6, 6.07) is 138. The summed E-state index contributed by atoms with van der Waals surface area (Å²) < 4.78 is 60.2. The first kappa shape index (κ1) is 71.3. The van der Waals surface area contributed by atoms with E-state index >= 15 is 0 Å². The quantitative estimate of drug-likeness (QED) is 0.105. The highest BCUT2D eigenvalue weighted by molar-refractivity contribution is 7.26. The van der Waals surface area contributed by atoms with E-state index in [1.165, 1.54) is 47.8 Å². The second-order valence-corrected chi connectivity index (χ2v) is 34.2. The van der Waals surface area contributed by atoms with Crippen molar-refractivity contribution in [3.63, 3.8) is 0 Å². The fraction of sp³-hybridized carbons (Fsp3) is 0. The zero-order valence-electron chi connectivity index (χ0n) is 74.4. The SMILES string of the molecule is N#Cc1cccc(-c2cccc3c2oc2cccc(-c4nc(-c5ccccc5)nc(-c5ccc6sc7c(-c8ccc9cccc(-c%10ccccc%10)c9c8)cccc7c6c5)n4)c23)c1.[2H]c1c([2H])c([2H])c(-c2cccc(-c3cccc4c3sc3cccc(-c5nc(-c6ccc(-c7ccccc7)cc6)nc(-c6cccc7oc8c(-c9cccc(-c%10ccccc%10)c9)cccc8c67)n5)c34)c2)c([2H])c1[2H]. The van der Waals surface area contributed by atoms with Crippen LogP contribution in [0.1, 0.15) is 12.4 Å². The van der Waals surface area contributed by atoms with Crippen LogP contribution in [-0.2, 0) is 0 Å². The second kappa shape index (κ2) is 32.5. The molecule has 606 valence electrons. The van der Waals surface area contributed by atoms with Gasteiger partial charge in [0.15, 0.2) is 34.9 Å². The van der Waals surface area contributed by atoms with Gasteiger partial charge in [-0.15, -0.1) is 22.7 Å². The summed E-state index contributed by atoms with van der Waals surface area (Å²) in [4.78, 5) is 31.5. The molecule has 0 spiro atoms. The van der Waals surface area contributed by atoms with Crippen molar-refractivity contribution >= 4 is 118 Å². The van der Waals surface area contributed by atoms with Gasteiger partial charge >= 0.3 is 0 Å². The standard InChI is InChI=1S/C63H39N3OS.C56H32N4OS/c1-4-16-40(17-5-1)43-34-36-44(37-35-43)61-64-62(53-30-14-32-55-57(53)51-28-12-26-49(59(51)67-55)47-24-10-22-45(38-47)41-18-6-2-7-19-41)66-63(65-61)54-31-15-33-56-58(54)52-29-13-27-50(60(52)68-56)48-25-11-23-46(39-48)42-20-8-3-9-21-42;57-33-34-12-7-18-38(30-34)42-20-9-23-45-51-46(24-11-25-49(51)61-52(42)45)56-59-54(37-15-5-2-6-16-37)58-55(60-56)40-28-29-50-48(32-40)44-22-10-21-43(53(44)62-50)39-27-26-36-17-8-19-41(47(36)31-39)35-13-3-1-4-14-35/h1-39H;1-32H/i3D,8D,9D,20D,21D;. The summed E-state index contributed by atoms with van der Waals surface area (Å²) in [6.07, 6.45) is 0. The minimum atomic E-state index is -0.415. The van der Waals surface area contributed by atoms with Crippen molar-refractivity contribution in [2.75, 3.05) is 0 Å². The van der Waals surface area contributed by atoms with E-state index in [4.69, 9.17) is 45.6 Å². The van der Waals surface area contributed by atoms with Gasteiger partial charge in [-0.2, -0.15) is 5.26 Å². The molecule has 0 atom stereocenters. The summed E-state index contributed by atoms with van der Waals surface area (Å²) in [7, 11) is 0. The molecule has 0 aliphatic heterocycles. The molecule has 0 fully saturated rings. The van der Waals surface area contributed by atoms with Crippen LogP contribution in [0.2, 0.25) is 0 Å². The maximum absolute atomic E-state index is 9.63. The van der Waals surface area contributed by atoms with Crippen molar-refractivity contribution in [3.05, 3.63) is 436 Å². The van der Waals surface area contributed by atoms with E-state index in [1.54, 1.807) is 17.4 Å². The zero-order chi connectivity index (χ0) is 90.5. The number of hydrogen-bond donors (Lipinski definition) is 0. The molecule has 130 heavy (non-hydrogen) atoms. The van der Waals surface area contributed by atoms with Crippen LogP contribution in [0.4, 0.5) is 0 Å². The third kappa shape index (κ3) is 13.9. The Morgan fingerprint density at radius 1 is 0.231 bits per heavy atom. The van der Waals surface area contributed by atoms with Gasteiger partial charge in [-0.05, 0) is 155 Å². The van der Waals surface area contributed by atoms with Crippen molar-refractivity contribution in [2.24, 2.45) is 0 Å². The van der Waals surface area contributed by atoms with E-state index < -0.39 is 6.04 Å². The lowest BCUT2D eigenvalue weighted by atomic mass is 9.94. The largest absolute Gasteiger partial charge is 0.455 e. The number of fused-ring (bicyclic) bond motifs is 13. The third-order valence-electron chi connectivity index (χ3n) is 24.4. The molecular formula is C119H71N7O2S2. The monoisotopic (exact) mass is 1700 g/mol. The number of benzene rings is 19. The molecule has 0 radical (unpaired) electrons. The Hall–Kier alpha value is -17.0. The van der Waals surface area contributed by atoms with Gasteiger partial charge in [0.05, 0.1) is 18.5 Å². The van der Waals surface area contributed by atoms with Crippen molar-refractivity contribution < 1.29 is 15.7 Å². The molecule has 0 aliphatic rings. The minimum absolute atomic E-state index is 0.169. The highest BCUT2D eigenvalue weighted by Crippen LogP contribution is 2.49. The van der Waals surface area contributed by atoms with E-state index in [0.29, 0.717) is 46.1 Å². The van der Waals surface area contributed by atoms with Crippen LogP contribution < -0.4 is 0 Å². The van der Waals surface area contributed by atoms with Crippen LogP contribution in [0.3, 0.4) is 0 Å². The molecule has 25 rings (SSSR count). The summed E-state index contributed by atoms with van der Waals surface area (Å²) >= 11 is 3.49. The summed E-state index contributed by atoms with van der Waals surface area (Å²) in [5.41, 5.74) is 24.5. The Kier molecular flexibility index (Phi) is 17.8. The van der Waals surface area contributed by atoms with E-state index in [9.17, 15) is 5.26 Å². The predicted molar refractivity (Wildman–Crippen MR) is 538 cm³/mol. The smallest absolute Gasteiger partial charge is 0.164 e. The van der Waals surface area contributed by atoms with Crippen LogP contribution in [0, 0.1) is 11.3 Å². The average molecular weight is 1700 g/mol. The predicted octanol–water partition coefficient (Wildman–Crippen LogP) is 32.6. The van der Waals surface area contributed by atoms with Crippen molar-refractivity contribution in [1.29, 1.82) is 5.26 Å². The van der Waals surface area contributed by atoms with Gasteiger partial charge in [0.25, 0.3) is 0 Å². The lowest BCUT2D eigenvalue weighted by Gasteiger charge is -2.11. The highest BCUT2D eigenvalue weighted by Gasteiger charge is 2.26. The molecule has 6 heterocycles. The molecule has 0 aliphatic carbocycles. The summed E-state index contributed by atoms with van der Waals surface area (Å²) in [5.74, 6) is 3.31. The number of hydrogen-bond acceptors (Lipinski definition) is 11. The molecular weight excluding hydrogens is 1620 g/mol. The molecule has 11 heteroatoms. The number of aromatic nitrogens is 6. The number of thiophene rings is 2. The zero-order valence-corrected chi connectivity index (χ0v) is 71.0. The first-order chi connectivity index (χ1) is 66.4. The van der Waals surface area contributed by atoms with Gasteiger partial charge in [0, 0.05) is 106 Å². The number of furan rings is 2. The Labute approximate surface area is 762 Å². The number of nitrogens with zero attached hydrogens (tertiary/aromatic N) is 7. The van der Waals surface area contributed by atoms with E-state index in [2.05, 4.69) is 255 Å². The minimum Gasteiger partial charge on any atom is -0.455 e. The first-order valence-electron chi connectivity index (χ1n) is 45.4. The van der Waals surface area contributed by atoms with E-state index in [-0.39, 0.29) is 29.7 Å². The van der Waals surface area contributed by atoms with Gasteiger partial charge in [0.1, 0.15) is 22.3 Å². The number of nitriles is 1. The highest BCUT2D eigenvalue weighted by atomic mass is 32.1. The average Bonchev–Trinajstić information content (AvgIpc) is 1.60. The molecule has 0 saturated heterocycles. The Balaban J connectivity index is 0.000000150. The Morgan fingerprint density at radius 3 is 1.23 bits per heavy atom. The molecule has 19 aromatic carbocycles. The lowest BCUT2D eigenvalue weighted by molar-refractivity contribution is 0.669. The molecule has 0 bridgehead atoms. The van der Waals surface area contributed by atoms with E-state index in [1.807, 2.05) is 157 Å². The molecule has 0 saturated carbocycles. The van der Waals surface area contributed by atoms with Gasteiger partial charge in [0.2, 0.25) is 0 Å². The fourth-order valence-corrected chi connectivity index (χ4v) is 20.8. The molecule has 6 aromatic heterocycles. The van der Waals surface area contributed by atoms with Crippen LogP contribution in [0.5, 0.6) is 0 Å². The maximum Gasteiger partial charge on any atom is 0.164 e. The summed E-state index contributed by atoms with van der Waals surface area (Å²) in [6.45, 7) is 0. The first-order valence-corrected chi connectivity index (χ1v) is 44.5. The summed E-state index contributed by atoms with van der Waals surface area (Å²) in [5, 5.41) is 20.2. The van der Waals surface area contributed by atoms with Crippen molar-refractivity contribution in [2.45, 2.75) is 0 Å². The van der Waals surface area contributed by atoms with Gasteiger partial charge in [-0.1, -0.05) is 364 Å². The van der Waals surface area contributed by atoms with Crippen LogP contribution >= 0.6 is 22.7 Å². The molecule has 0 unspecified atom stereocenters. The Bertz CT molecular complexity index is 9130. The second-order valence-electron chi connectivity index (χ2n) is 32.1. The van der Waals surface area contributed by atoms with Gasteiger partial charge < -0.3 is 8.83 Å². The maximum atomic E-state index is 9.63.